The summed E-state index contributed by atoms with van der Waals surface area (Å²) >= 11 is 0. The van der Waals surface area contributed by atoms with Gasteiger partial charge in [0.2, 0.25) is 0 Å². The normalized spacial score (nSPS) is 20.1. The zero-order chi connectivity index (χ0) is 20.3. The largest absolute Gasteiger partial charge is 0.372 e. The van der Waals surface area contributed by atoms with Crippen molar-refractivity contribution in [3.05, 3.63) is 65.0 Å². The van der Waals surface area contributed by atoms with E-state index in [0.29, 0.717) is 18.5 Å². The van der Waals surface area contributed by atoms with E-state index in [1.807, 2.05) is 13.0 Å². The molecule has 2 aromatic rings. The van der Waals surface area contributed by atoms with E-state index in [1.54, 1.807) is 12.1 Å². The summed E-state index contributed by atoms with van der Waals surface area (Å²) in [7, 11) is 4.31. The molecule has 0 radical (unpaired) electrons. The first-order valence-corrected chi connectivity index (χ1v) is 10.4. The number of rotatable bonds is 7. The molecule has 0 saturated carbocycles. The lowest BCUT2D eigenvalue weighted by molar-refractivity contribution is 0.258. The van der Waals surface area contributed by atoms with Crippen molar-refractivity contribution in [1.29, 1.82) is 0 Å². The van der Waals surface area contributed by atoms with E-state index in [-0.39, 0.29) is 5.82 Å². The van der Waals surface area contributed by atoms with Gasteiger partial charge in [-0.1, -0.05) is 24.3 Å². The fourth-order valence-corrected chi connectivity index (χ4v) is 4.46. The van der Waals surface area contributed by atoms with Crippen molar-refractivity contribution >= 4 is 5.69 Å². The van der Waals surface area contributed by atoms with Crippen LogP contribution in [0.4, 0.5) is 10.1 Å². The summed E-state index contributed by atoms with van der Waals surface area (Å²) in [6, 6.07) is 14.9. The molecule has 1 heterocycles. The number of anilines is 1. The van der Waals surface area contributed by atoms with Crippen LogP contribution in [0.1, 0.15) is 36.5 Å². The summed E-state index contributed by atoms with van der Waals surface area (Å²) in [6.45, 7) is 11.0. The van der Waals surface area contributed by atoms with Crippen LogP contribution in [0, 0.1) is 12.7 Å². The Hall–Kier alpha value is -1.91. The highest BCUT2D eigenvalue weighted by Crippen LogP contribution is 2.32. The smallest absolute Gasteiger partial charge is 0.127 e. The molecule has 4 heteroatoms. The monoisotopic (exact) mass is 383 g/mol. The Labute approximate surface area is 169 Å². The molecule has 3 rings (SSSR count). The minimum atomic E-state index is -0.0894. The first-order valence-electron chi connectivity index (χ1n) is 10.4. The second kappa shape index (κ2) is 9.06. The Kier molecular flexibility index (Phi) is 6.73. The molecule has 2 unspecified atom stereocenters. The van der Waals surface area contributed by atoms with Crippen LogP contribution in [0.15, 0.2) is 42.5 Å². The lowest BCUT2D eigenvalue weighted by Crippen LogP contribution is -2.34. The highest BCUT2D eigenvalue weighted by molar-refractivity contribution is 5.48. The maximum Gasteiger partial charge on any atom is 0.127 e. The van der Waals surface area contributed by atoms with Crippen molar-refractivity contribution < 1.29 is 4.39 Å². The van der Waals surface area contributed by atoms with Crippen LogP contribution in [-0.2, 0) is 6.54 Å². The average Bonchev–Trinajstić information content (AvgIpc) is 3.11. The van der Waals surface area contributed by atoms with E-state index in [4.69, 9.17) is 0 Å². The number of likely N-dealkylation sites (N-methyl/N-ethyl adjacent to an activating group) is 1. The molecule has 0 spiro atoms. The van der Waals surface area contributed by atoms with Crippen LogP contribution in [0.3, 0.4) is 0 Å². The second-order valence-corrected chi connectivity index (χ2v) is 8.13. The molecule has 28 heavy (non-hydrogen) atoms. The van der Waals surface area contributed by atoms with Crippen molar-refractivity contribution in [3.63, 3.8) is 0 Å². The molecule has 0 bridgehead atoms. The van der Waals surface area contributed by atoms with Crippen LogP contribution in [0.5, 0.6) is 0 Å². The Balaban J connectivity index is 1.79. The topological polar surface area (TPSA) is 9.72 Å². The molecule has 0 aliphatic carbocycles. The van der Waals surface area contributed by atoms with E-state index in [0.717, 1.165) is 37.3 Å². The highest BCUT2D eigenvalue weighted by Gasteiger charge is 2.35. The van der Waals surface area contributed by atoms with Gasteiger partial charge in [-0.3, -0.25) is 4.90 Å². The van der Waals surface area contributed by atoms with Gasteiger partial charge in [0.1, 0.15) is 5.82 Å². The summed E-state index contributed by atoms with van der Waals surface area (Å²) in [4.78, 5) is 7.09. The molecule has 0 aromatic heterocycles. The molecule has 2 aromatic carbocycles. The predicted octanol–water partition coefficient (Wildman–Crippen LogP) is 4.51. The maximum atomic E-state index is 14.3. The van der Waals surface area contributed by atoms with E-state index in [9.17, 15) is 4.39 Å². The Morgan fingerprint density at radius 2 is 1.68 bits per heavy atom. The number of hydrogen-bond acceptors (Lipinski definition) is 3. The summed E-state index contributed by atoms with van der Waals surface area (Å²) in [5.74, 6) is 0.348. The molecule has 2 atom stereocenters. The molecule has 1 fully saturated rings. The van der Waals surface area contributed by atoms with Crippen LogP contribution >= 0.6 is 0 Å². The summed E-state index contributed by atoms with van der Waals surface area (Å²) in [5.41, 5.74) is 4.53. The third-order valence-electron chi connectivity index (χ3n) is 6.21. The van der Waals surface area contributed by atoms with E-state index < -0.39 is 0 Å². The quantitative estimate of drug-likeness (QED) is 0.696. The number of likely N-dealkylation sites (tertiary alicyclic amines) is 1. The lowest BCUT2D eigenvalue weighted by Gasteiger charge is -2.26. The van der Waals surface area contributed by atoms with Crippen LogP contribution in [0.25, 0.3) is 0 Å². The number of nitrogens with zero attached hydrogens (tertiary/aromatic N) is 3. The molecule has 152 valence electrons. The highest BCUT2D eigenvalue weighted by atomic mass is 19.1. The first kappa shape index (κ1) is 20.8. The van der Waals surface area contributed by atoms with E-state index in [2.05, 4.69) is 66.9 Å². The van der Waals surface area contributed by atoms with Gasteiger partial charge in [0.25, 0.3) is 0 Å². The van der Waals surface area contributed by atoms with Crippen molar-refractivity contribution in [3.8, 4) is 0 Å². The van der Waals surface area contributed by atoms with E-state index >= 15 is 0 Å². The molecular formula is C24H34FN3. The van der Waals surface area contributed by atoms with Gasteiger partial charge < -0.3 is 9.80 Å². The van der Waals surface area contributed by atoms with Crippen molar-refractivity contribution in [2.45, 2.75) is 39.3 Å². The predicted molar refractivity (Wildman–Crippen MR) is 117 cm³/mol. The van der Waals surface area contributed by atoms with Gasteiger partial charge in [0.15, 0.2) is 0 Å². The number of hydrogen-bond donors (Lipinski definition) is 0. The molecule has 3 nitrogen and oxygen atoms in total. The van der Waals surface area contributed by atoms with Crippen LogP contribution < -0.4 is 4.90 Å². The van der Waals surface area contributed by atoms with Gasteiger partial charge in [-0.15, -0.1) is 0 Å². The molecule has 0 N–H and O–H groups in total. The third kappa shape index (κ3) is 4.39. The Morgan fingerprint density at radius 1 is 1.00 bits per heavy atom. The fraction of sp³-hybridized carbons (Fsp3) is 0.500. The number of aryl methyl sites for hydroxylation is 1. The molecule has 1 aliphatic heterocycles. The fourth-order valence-electron chi connectivity index (χ4n) is 4.46. The van der Waals surface area contributed by atoms with Crippen LogP contribution in [-0.4, -0.2) is 56.1 Å². The Bertz CT molecular complexity index is 748. The van der Waals surface area contributed by atoms with E-state index in [1.165, 1.54) is 11.3 Å². The standard InChI is InChI=1S/C24H34FN3/c1-6-28(7-2)20-13-11-19(12-14-20)22-16-27(17-24(22)26(4)5)15-21-18(3)9-8-10-23(21)25/h8-14,22,24H,6-7,15-17H2,1-5H3. The molecule has 1 saturated heterocycles. The first-order chi connectivity index (χ1) is 13.4. The van der Waals surface area contributed by atoms with Crippen molar-refractivity contribution in [1.82, 2.24) is 9.80 Å². The average molecular weight is 384 g/mol. The van der Waals surface area contributed by atoms with Gasteiger partial charge in [-0.25, -0.2) is 4.39 Å². The minimum absolute atomic E-state index is 0.0894. The summed E-state index contributed by atoms with van der Waals surface area (Å²) in [6.07, 6.45) is 0. The summed E-state index contributed by atoms with van der Waals surface area (Å²) in [5, 5.41) is 0. The minimum Gasteiger partial charge on any atom is -0.372 e. The molecule has 0 amide bonds. The maximum absolute atomic E-state index is 14.3. The number of halogens is 1. The van der Waals surface area contributed by atoms with Gasteiger partial charge in [-0.05, 0) is 64.2 Å². The van der Waals surface area contributed by atoms with Gasteiger partial charge in [0.05, 0.1) is 0 Å². The zero-order valence-corrected chi connectivity index (χ0v) is 18.0. The second-order valence-electron chi connectivity index (χ2n) is 8.13. The lowest BCUT2D eigenvalue weighted by atomic mass is 9.93. The van der Waals surface area contributed by atoms with Gasteiger partial charge >= 0.3 is 0 Å². The third-order valence-corrected chi connectivity index (χ3v) is 6.21. The molecule has 1 aliphatic rings. The van der Waals surface area contributed by atoms with Crippen molar-refractivity contribution in [2.75, 3.05) is 45.2 Å². The molecular weight excluding hydrogens is 349 g/mol. The zero-order valence-electron chi connectivity index (χ0n) is 18.0. The van der Waals surface area contributed by atoms with Crippen molar-refractivity contribution in [2.24, 2.45) is 0 Å². The van der Waals surface area contributed by atoms with Gasteiger partial charge in [0, 0.05) is 55.9 Å². The summed E-state index contributed by atoms with van der Waals surface area (Å²) < 4.78 is 14.3. The van der Waals surface area contributed by atoms with Gasteiger partial charge in [-0.2, -0.15) is 0 Å². The SMILES string of the molecule is CCN(CC)c1ccc(C2CN(Cc3c(C)cccc3F)CC2N(C)C)cc1. The Morgan fingerprint density at radius 3 is 2.25 bits per heavy atom. The van der Waals surface area contributed by atoms with Crippen LogP contribution in [0.2, 0.25) is 0 Å². The number of benzene rings is 2.